The molecule has 0 atom stereocenters. The summed E-state index contributed by atoms with van der Waals surface area (Å²) in [5, 5.41) is 19.6. The van der Waals surface area contributed by atoms with Gasteiger partial charge in [-0.25, -0.2) is 9.97 Å². The number of pyridine rings is 3. The Morgan fingerprint density at radius 3 is 2.70 bits per heavy atom. The maximum atomic E-state index is 13.0. The SMILES string of the molecule is COCCNC(=O)c1ccnc(Nc2cc3ccn(CCO)c(=O)c3c(NC(C)(C)C)n2)c1. The lowest BCUT2D eigenvalue weighted by Crippen LogP contribution is -2.29. The van der Waals surface area contributed by atoms with Crippen molar-refractivity contribution in [3.8, 4) is 0 Å². The van der Waals surface area contributed by atoms with E-state index in [9.17, 15) is 14.7 Å². The Kier molecular flexibility index (Phi) is 7.62. The first-order chi connectivity index (χ1) is 15.7. The maximum absolute atomic E-state index is 13.0. The smallest absolute Gasteiger partial charge is 0.262 e. The summed E-state index contributed by atoms with van der Waals surface area (Å²) >= 11 is 0. The summed E-state index contributed by atoms with van der Waals surface area (Å²) in [5.74, 6) is 1.10. The molecule has 0 saturated carbocycles. The van der Waals surface area contributed by atoms with Crippen LogP contribution in [0.1, 0.15) is 31.1 Å². The van der Waals surface area contributed by atoms with Crippen molar-refractivity contribution in [2.45, 2.75) is 32.9 Å². The molecule has 0 spiro atoms. The number of carbonyl (C=O) groups is 1. The largest absolute Gasteiger partial charge is 0.395 e. The van der Waals surface area contributed by atoms with Crippen LogP contribution in [0.25, 0.3) is 10.8 Å². The van der Waals surface area contributed by atoms with Gasteiger partial charge in [0.1, 0.15) is 17.5 Å². The number of nitrogens with zero attached hydrogens (tertiary/aromatic N) is 3. The van der Waals surface area contributed by atoms with Gasteiger partial charge in [0.15, 0.2) is 0 Å². The van der Waals surface area contributed by atoms with E-state index in [1.165, 1.54) is 10.8 Å². The van der Waals surface area contributed by atoms with Crippen molar-refractivity contribution in [3.05, 3.63) is 52.6 Å². The molecular formula is C23H30N6O4. The van der Waals surface area contributed by atoms with Crippen LogP contribution < -0.4 is 21.5 Å². The van der Waals surface area contributed by atoms with E-state index >= 15 is 0 Å². The van der Waals surface area contributed by atoms with Gasteiger partial charge < -0.3 is 30.4 Å². The molecule has 176 valence electrons. The lowest BCUT2D eigenvalue weighted by Gasteiger charge is -2.23. The molecule has 0 radical (unpaired) electrons. The van der Waals surface area contributed by atoms with Crippen molar-refractivity contribution < 1.29 is 14.6 Å². The van der Waals surface area contributed by atoms with Gasteiger partial charge in [0.05, 0.1) is 18.6 Å². The fourth-order valence-corrected chi connectivity index (χ4v) is 3.24. The summed E-state index contributed by atoms with van der Waals surface area (Å²) in [6, 6.07) is 6.81. The quantitative estimate of drug-likeness (QED) is 0.362. The van der Waals surface area contributed by atoms with Gasteiger partial charge in [-0.2, -0.15) is 0 Å². The highest BCUT2D eigenvalue weighted by molar-refractivity contribution is 5.95. The lowest BCUT2D eigenvalue weighted by atomic mass is 10.1. The van der Waals surface area contributed by atoms with Crippen molar-refractivity contribution in [1.82, 2.24) is 19.9 Å². The number of methoxy groups -OCH3 is 1. The highest BCUT2D eigenvalue weighted by atomic mass is 16.5. The highest BCUT2D eigenvalue weighted by Gasteiger charge is 2.17. The fraction of sp³-hybridized carbons (Fsp3) is 0.391. The van der Waals surface area contributed by atoms with Gasteiger partial charge in [-0.05, 0) is 50.4 Å². The summed E-state index contributed by atoms with van der Waals surface area (Å²) in [6.07, 6.45) is 3.19. The molecule has 0 saturated heterocycles. The molecule has 0 fully saturated rings. The van der Waals surface area contributed by atoms with Gasteiger partial charge in [0.25, 0.3) is 11.5 Å². The third-order valence-corrected chi connectivity index (χ3v) is 4.66. The standard InChI is InChI=1S/C23H30N6O4/c1-23(2,3)28-20-19-15(6-9-29(10-11-30)22(19)32)13-18(27-20)26-17-14-16(5-7-24-17)21(31)25-8-12-33-4/h5-7,9,13-14,30H,8,10-12H2,1-4H3,(H,25,31)(H2,24,26,27,28). The second-order valence-corrected chi connectivity index (χ2v) is 8.54. The molecule has 0 aromatic carbocycles. The number of hydrogen-bond donors (Lipinski definition) is 4. The molecule has 0 bridgehead atoms. The molecule has 1 amide bonds. The molecule has 3 rings (SSSR count). The number of aliphatic hydroxyl groups excluding tert-OH is 1. The minimum atomic E-state index is -0.346. The summed E-state index contributed by atoms with van der Waals surface area (Å²) < 4.78 is 6.41. The molecule has 0 aliphatic heterocycles. The predicted octanol–water partition coefficient (Wildman–Crippen LogP) is 2.11. The molecule has 0 unspecified atom stereocenters. The van der Waals surface area contributed by atoms with E-state index < -0.39 is 0 Å². The fourth-order valence-electron chi connectivity index (χ4n) is 3.24. The monoisotopic (exact) mass is 454 g/mol. The van der Waals surface area contributed by atoms with Crippen LogP contribution in [0.2, 0.25) is 0 Å². The maximum Gasteiger partial charge on any atom is 0.262 e. The van der Waals surface area contributed by atoms with Crippen LogP contribution in [0.15, 0.2) is 41.5 Å². The van der Waals surface area contributed by atoms with Crippen LogP contribution in [0.5, 0.6) is 0 Å². The van der Waals surface area contributed by atoms with Gasteiger partial charge in [-0.1, -0.05) is 0 Å². The van der Waals surface area contributed by atoms with E-state index in [0.29, 0.717) is 46.9 Å². The van der Waals surface area contributed by atoms with Gasteiger partial charge in [-0.3, -0.25) is 9.59 Å². The topological polar surface area (TPSA) is 130 Å². The van der Waals surface area contributed by atoms with Crippen LogP contribution in [0.3, 0.4) is 0 Å². The number of carbonyl (C=O) groups excluding carboxylic acids is 1. The summed E-state index contributed by atoms with van der Waals surface area (Å²) in [4.78, 5) is 34.2. The molecule has 10 heteroatoms. The average molecular weight is 455 g/mol. The van der Waals surface area contributed by atoms with E-state index in [4.69, 9.17) is 4.74 Å². The van der Waals surface area contributed by atoms with E-state index in [0.717, 1.165) is 0 Å². The van der Waals surface area contributed by atoms with E-state index in [2.05, 4.69) is 25.9 Å². The average Bonchev–Trinajstić information content (AvgIpc) is 2.75. The Morgan fingerprint density at radius 2 is 2.00 bits per heavy atom. The first-order valence-corrected chi connectivity index (χ1v) is 10.7. The van der Waals surface area contributed by atoms with Gasteiger partial charge >= 0.3 is 0 Å². The molecule has 4 N–H and O–H groups in total. The van der Waals surface area contributed by atoms with Crippen molar-refractivity contribution >= 4 is 34.1 Å². The normalized spacial score (nSPS) is 11.4. The zero-order valence-electron chi connectivity index (χ0n) is 19.3. The molecule has 0 aliphatic rings. The van der Waals surface area contributed by atoms with Crippen molar-refractivity contribution in [3.63, 3.8) is 0 Å². The highest BCUT2D eigenvalue weighted by Crippen LogP contribution is 2.26. The Balaban J connectivity index is 1.97. The number of ether oxygens (including phenoxy) is 1. The second-order valence-electron chi connectivity index (χ2n) is 8.54. The van der Waals surface area contributed by atoms with Gasteiger partial charge in [-0.15, -0.1) is 0 Å². The summed E-state index contributed by atoms with van der Waals surface area (Å²) in [7, 11) is 1.57. The Hall–Kier alpha value is -3.50. The van der Waals surface area contributed by atoms with E-state index in [1.807, 2.05) is 20.8 Å². The molecule has 0 aliphatic carbocycles. The molecule has 3 aromatic rings. The number of nitrogens with one attached hydrogen (secondary N) is 3. The molecule has 3 aromatic heterocycles. The zero-order valence-corrected chi connectivity index (χ0v) is 19.3. The van der Waals surface area contributed by atoms with E-state index in [1.54, 1.807) is 37.6 Å². The number of rotatable bonds is 9. The number of anilines is 3. The summed E-state index contributed by atoms with van der Waals surface area (Å²) in [5.41, 5.74) is -0.134. The van der Waals surface area contributed by atoms with Crippen LogP contribution in [-0.2, 0) is 11.3 Å². The van der Waals surface area contributed by atoms with Gasteiger partial charge in [0, 0.05) is 43.7 Å². The van der Waals surface area contributed by atoms with Crippen LogP contribution in [0, 0.1) is 0 Å². The van der Waals surface area contributed by atoms with Crippen molar-refractivity contribution in [2.75, 3.05) is 37.5 Å². The molecule has 3 heterocycles. The zero-order chi connectivity index (χ0) is 24.0. The van der Waals surface area contributed by atoms with Crippen molar-refractivity contribution in [2.24, 2.45) is 0 Å². The van der Waals surface area contributed by atoms with Crippen LogP contribution >= 0.6 is 0 Å². The Morgan fingerprint density at radius 1 is 1.21 bits per heavy atom. The first kappa shape index (κ1) is 24.1. The minimum absolute atomic E-state index is 0.137. The summed E-state index contributed by atoms with van der Waals surface area (Å²) in [6.45, 7) is 6.82. The lowest BCUT2D eigenvalue weighted by molar-refractivity contribution is 0.0937. The second kappa shape index (κ2) is 10.4. The predicted molar refractivity (Wildman–Crippen MR) is 128 cm³/mol. The number of amides is 1. The Bertz CT molecular complexity index is 1190. The number of aliphatic hydroxyl groups is 1. The third kappa shape index (κ3) is 6.27. The van der Waals surface area contributed by atoms with Crippen LogP contribution in [0.4, 0.5) is 17.5 Å². The molecule has 33 heavy (non-hydrogen) atoms. The number of aromatic nitrogens is 3. The molecular weight excluding hydrogens is 424 g/mol. The minimum Gasteiger partial charge on any atom is -0.395 e. The first-order valence-electron chi connectivity index (χ1n) is 10.7. The molecule has 10 nitrogen and oxygen atoms in total. The van der Waals surface area contributed by atoms with Crippen molar-refractivity contribution in [1.29, 1.82) is 0 Å². The van der Waals surface area contributed by atoms with Crippen LogP contribution in [-0.4, -0.2) is 58.0 Å². The van der Waals surface area contributed by atoms with Gasteiger partial charge in [0.2, 0.25) is 0 Å². The van der Waals surface area contributed by atoms with E-state index in [-0.39, 0.29) is 30.2 Å². The number of hydrogen-bond acceptors (Lipinski definition) is 8. The Labute approximate surface area is 192 Å². The third-order valence-electron chi connectivity index (χ3n) is 4.66. The number of fused-ring (bicyclic) bond motifs is 1.